The molecular weight excluding hydrogens is 290 g/mol. The lowest BCUT2D eigenvalue weighted by atomic mass is 9.90. The van der Waals surface area contributed by atoms with E-state index in [-0.39, 0.29) is 0 Å². The van der Waals surface area contributed by atoms with Gasteiger partial charge >= 0.3 is 0 Å². The van der Waals surface area contributed by atoms with E-state index in [1.165, 1.54) is 36.0 Å². The number of aryl methyl sites for hydroxylation is 1. The van der Waals surface area contributed by atoms with E-state index in [1.54, 1.807) is 7.11 Å². The summed E-state index contributed by atoms with van der Waals surface area (Å²) in [4.78, 5) is 6.89. The van der Waals surface area contributed by atoms with Crippen LogP contribution in [0.15, 0.2) is 22.7 Å². The van der Waals surface area contributed by atoms with Gasteiger partial charge in [-0.25, -0.2) is 0 Å². The van der Waals surface area contributed by atoms with Crippen molar-refractivity contribution in [1.82, 2.24) is 15.0 Å². The molecule has 23 heavy (non-hydrogen) atoms. The number of hydrogen-bond donors (Lipinski definition) is 0. The van der Waals surface area contributed by atoms with Crippen LogP contribution < -0.4 is 0 Å². The van der Waals surface area contributed by atoms with Gasteiger partial charge in [-0.1, -0.05) is 29.8 Å². The lowest BCUT2D eigenvalue weighted by molar-refractivity contribution is 0.123. The molecule has 1 saturated heterocycles. The maximum atomic E-state index is 5.38. The summed E-state index contributed by atoms with van der Waals surface area (Å²) in [5, 5.41) is 3.96. The van der Waals surface area contributed by atoms with Gasteiger partial charge in [0, 0.05) is 13.2 Å². The van der Waals surface area contributed by atoms with Crippen LogP contribution in [0.25, 0.3) is 0 Å². The van der Waals surface area contributed by atoms with E-state index >= 15 is 0 Å². The third-order valence-corrected chi connectivity index (χ3v) is 4.74. The summed E-state index contributed by atoms with van der Waals surface area (Å²) in [5.41, 5.74) is 4.18. The highest BCUT2D eigenvalue weighted by molar-refractivity contribution is 5.35. The molecule has 0 radical (unpaired) electrons. The largest absolute Gasteiger partial charge is 0.377 e. The SMILES string of the molecule is COCc1noc(CN2CCCC[C@@H]2c2cccc(C)c2C)n1. The molecule has 1 atom stereocenters. The van der Waals surface area contributed by atoms with Crippen LogP contribution in [0, 0.1) is 13.8 Å². The van der Waals surface area contributed by atoms with Gasteiger partial charge in [0.25, 0.3) is 0 Å². The van der Waals surface area contributed by atoms with E-state index in [0.717, 1.165) is 6.54 Å². The van der Waals surface area contributed by atoms with E-state index in [2.05, 4.69) is 47.1 Å². The third kappa shape index (κ3) is 3.62. The maximum Gasteiger partial charge on any atom is 0.240 e. The normalized spacial score (nSPS) is 19.2. The topological polar surface area (TPSA) is 51.4 Å². The number of aromatic nitrogens is 2. The molecule has 0 N–H and O–H groups in total. The maximum absolute atomic E-state index is 5.38. The molecular formula is C18H25N3O2. The lowest BCUT2D eigenvalue weighted by Crippen LogP contribution is -2.33. The molecule has 1 aliphatic rings. The zero-order valence-corrected chi connectivity index (χ0v) is 14.2. The van der Waals surface area contributed by atoms with Gasteiger partial charge in [0.05, 0.1) is 6.54 Å². The highest BCUT2D eigenvalue weighted by Crippen LogP contribution is 2.34. The predicted octanol–water partition coefficient (Wildman–Crippen LogP) is 3.56. The zero-order chi connectivity index (χ0) is 16.2. The fourth-order valence-electron chi connectivity index (χ4n) is 3.38. The molecule has 5 nitrogen and oxygen atoms in total. The molecule has 124 valence electrons. The molecule has 0 bridgehead atoms. The Morgan fingerprint density at radius 2 is 2.17 bits per heavy atom. The summed E-state index contributed by atoms with van der Waals surface area (Å²) < 4.78 is 10.4. The lowest BCUT2D eigenvalue weighted by Gasteiger charge is -2.36. The number of methoxy groups -OCH3 is 1. The number of hydrogen-bond acceptors (Lipinski definition) is 5. The van der Waals surface area contributed by atoms with Gasteiger partial charge in [0.15, 0.2) is 5.82 Å². The van der Waals surface area contributed by atoms with E-state index in [1.807, 2.05) is 0 Å². The Kier molecular flexibility index (Phi) is 5.08. The molecule has 0 aliphatic carbocycles. The Hall–Kier alpha value is -1.72. The van der Waals surface area contributed by atoms with Crippen molar-refractivity contribution in [2.24, 2.45) is 0 Å². The standard InChI is InChI=1S/C18H25N3O2/c1-13-7-6-8-15(14(13)2)16-9-4-5-10-21(16)11-18-19-17(12-22-3)20-23-18/h6-8,16H,4-5,9-12H2,1-3H3/t16-/m1/s1. The number of ether oxygens (including phenoxy) is 1. The second kappa shape index (κ2) is 7.23. The van der Waals surface area contributed by atoms with Gasteiger partial charge in [0.2, 0.25) is 5.89 Å². The minimum Gasteiger partial charge on any atom is -0.377 e. The first-order chi connectivity index (χ1) is 11.2. The van der Waals surface area contributed by atoms with Gasteiger partial charge in [-0.05, 0) is 49.9 Å². The van der Waals surface area contributed by atoms with Crippen molar-refractivity contribution < 1.29 is 9.26 Å². The summed E-state index contributed by atoms with van der Waals surface area (Å²) >= 11 is 0. The highest BCUT2D eigenvalue weighted by atomic mass is 16.5. The fourth-order valence-corrected chi connectivity index (χ4v) is 3.38. The van der Waals surface area contributed by atoms with E-state index in [9.17, 15) is 0 Å². The van der Waals surface area contributed by atoms with Gasteiger partial charge < -0.3 is 9.26 Å². The van der Waals surface area contributed by atoms with E-state index < -0.39 is 0 Å². The van der Waals surface area contributed by atoms with Gasteiger partial charge in [0.1, 0.15) is 6.61 Å². The Bertz CT molecular complexity index is 653. The third-order valence-electron chi connectivity index (χ3n) is 4.74. The molecule has 5 heteroatoms. The van der Waals surface area contributed by atoms with Crippen LogP contribution in [0.1, 0.15) is 53.7 Å². The Morgan fingerprint density at radius 3 is 3.00 bits per heavy atom. The van der Waals surface area contributed by atoms with Crippen molar-refractivity contribution >= 4 is 0 Å². The van der Waals surface area contributed by atoms with Crippen LogP contribution in [-0.4, -0.2) is 28.7 Å². The summed E-state index contributed by atoms with van der Waals surface area (Å²) in [6.07, 6.45) is 3.68. The Morgan fingerprint density at radius 1 is 1.30 bits per heavy atom. The van der Waals surface area contributed by atoms with Crippen molar-refractivity contribution in [2.45, 2.75) is 52.3 Å². The molecule has 0 spiro atoms. The second-order valence-corrected chi connectivity index (χ2v) is 6.31. The quantitative estimate of drug-likeness (QED) is 0.844. The Labute approximate surface area is 137 Å². The molecule has 1 aromatic carbocycles. The van der Waals surface area contributed by atoms with Crippen molar-refractivity contribution in [2.75, 3.05) is 13.7 Å². The molecule has 1 aliphatic heterocycles. The van der Waals surface area contributed by atoms with Crippen molar-refractivity contribution in [3.05, 3.63) is 46.6 Å². The monoisotopic (exact) mass is 315 g/mol. The summed E-state index contributed by atoms with van der Waals surface area (Å²) in [5.74, 6) is 1.29. The van der Waals surface area contributed by atoms with Crippen molar-refractivity contribution in [1.29, 1.82) is 0 Å². The zero-order valence-electron chi connectivity index (χ0n) is 14.2. The number of piperidine rings is 1. The first-order valence-electron chi connectivity index (χ1n) is 8.29. The summed E-state index contributed by atoms with van der Waals surface area (Å²) in [6, 6.07) is 7.03. The summed E-state index contributed by atoms with van der Waals surface area (Å²) in [7, 11) is 1.64. The number of benzene rings is 1. The van der Waals surface area contributed by atoms with Crippen LogP contribution in [0.4, 0.5) is 0 Å². The minimum atomic E-state index is 0.393. The minimum absolute atomic E-state index is 0.393. The van der Waals surface area contributed by atoms with Crippen LogP contribution >= 0.6 is 0 Å². The van der Waals surface area contributed by atoms with Crippen LogP contribution in [0.3, 0.4) is 0 Å². The van der Waals surface area contributed by atoms with E-state index in [0.29, 0.717) is 30.9 Å². The molecule has 2 heterocycles. The summed E-state index contributed by atoms with van der Waals surface area (Å²) in [6.45, 7) is 6.57. The van der Waals surface area contributed by atoms with E-state index in [4.69, 9.17) is 9.26 Å². The molecule has 0 amide bonds. The second-order valence-electron chi connectivity index (χ2n) is 6.31. The average Bonchev–Trinajstić information content (AvgIpc) is 2.98. The molecule has 3 rings (SSSR count). The highest BCUT2D eigenvalue weighted by Gasteiger charge is 2.27. The molecule has 0 saturated carbocycles. The van der Waals surface area contributed by atoms with Gasteiger partial charge in [-0.3, -0.25) is 4.90 Å². The molecule has 1 fully saturated rings. The average molecular weight is 315 g/mol. The molecule has 1 aromatic heterocycles. The van der Waals surface area contributed by atoms with Crippen molar-refractivity contribution in [3.8, 4) is 0 Å². The first-order valence-corrected chi connectivity index (χ1v) is 8.29. The molecule has 0 unspecified atom stereocenters. The fraction of sp³-hybridized carbons (Fsp3) is 0.556. The number of rotatable bonds is 5. The van der Waals surface area contributed by atoms with Crippen molar-refractivity contribution in [3.63, 3.8) is 0 Å². The first kappa shape index (κ1) is 16.1. The number of likely N-dealkylation sites (tertiary alicyclic amines) is 1. The molecule has 2 aromatic rings. The van der Waals surface area contributed by atoms with Crippen LogP contribution in [0.5, 0.6) is 0 Å². The smallest absolute Gasteiger partial charge is 0.240 e. The number of nitrogens with zero attached hydrogens (tertiary/aromatic N) is 3. The van der Waals surface area contributed by atoms with Gasteiger partial charge in [-0.15, -0.1) is 0 Å². The van der Waals surface area contributed by atoms with Crippen LogP contribution in [0.2, 0.25) is 0 Å². The Balaban J connectivity index is 1.79. The predicted molar refractivity (Wildman–Crippen MR) is 87.9 cm³/mol. The van der Waals surface area contributed by atoms with Gasteiger partial charge in [-0.2, -0.15) is 4.98 Å². The van der Waals surface area contributed by atoms with Crippen LogP contribution in [-0.2, 0) is 17.9 Å².